The molecule has 1 heterocycles. The Morgan fingerprint density at radius 3 is 2.50 bits per heavy atom. The van der Waals surface area contributed by atoms with Crippen LogP contribution < -0.4 is 10.2 Å². The third kappa shape index (κ3) is 5.30. The van der Waals surface area contributed by atoms with Crippen molar-refractivity contribution >= 4 is 11.6 Å². The molecule has 2 rings (SSSR count). The molecule has 0 aromatic heterocycles. The molecule has 5 heteroatoms. The Bertz CT molecular complexity index is 455. The van der Waals surface area contributed by atoms with E-state index in [0.29, 0.717) is 6.42 Å². The fourth-order valence-corrected chi connectivity index (χ4v) is 2.63. The number of hydrogen-bond donors (Lipinski definition) is 1. The van der Waals surface area contributed by atoms with Gasteiger partial charge in [-0.25, -0.2) is 4.39 Å². The number of amides is 1. The number of carbonyl (C=O) groups is 1. The van der Waals surface area contributed by atoms with Crippen molar-refractivity contribution in [2.24, 2.45) is 0 Å². The summed E-state index contributed by atoms with van der Waals surface area (Å²) in [6, 6.07) is 6.66. The lowest BCUT2D eigenvalue weighted by atomic mass is 10.2. The lowest BCUT2D eigenvalue weighted by molar-refractivity contribution is -0.121. The van der Waals surface area contributed by atoms with Gasteiger partial charge in [-0.15, -0.1) is 0 Å². The van der Waals surface area contributed by atoms with Crippen molar-refractivity contribution in [1.82, 2.24) is 10.2 Å². The molecule has 1 aliphatic rings. The van der Waals surface area contributed by atoms with Crippen molar-refractivity contribution in [3.8, 4) is 0 Å². The number of benzene rings is 1. The molecule has 1 fully saturated rings. The van der Waals surface area contributed by atoms with E-state index in [1.54, 1.807) is 0 Å². The van der Waals surface area contributed by atoms with E-state index in [1.807, 2.05) is 12.1 Å². The lowest BCUT2D eigenvalue weighted by Gasteiger charge is -2.36. The minimum Gasteiger partial charge on any atom is -0.369 e. The summed E-state index contributed by atoms with van der Waals surface area (Å²) in [5.41, 5.74) is 1.07. The van der Waals surface area contributed by atoms with Gasteiger partial charge in [0.25, 0.3) is 0 Å². The molecule has 0 unspecified atom stereocenters. The summed E-state index contributed by atoms with van der Waals surface area (Å²) in [6.07, 6.45) is 2.72. The predicted molar refractivity (Wildman–Crippen MR) is 87.6 cm³/mol. The second kappa shape index (κ2) is 8.73. The van der Waals surface area contributed by atoms with E-state index in [1.165, 1.54) is 12.1 Å². The molecule has 0 aliphatic carbocycles. The fourth-order valence-electron chi connectivity index (χ4n) is 2.63. The van der Waals surface area contributed by atoms with Gasteiger partial charge in [0.2, 0.25) is 5.91 Å². The maximum Gasteiger partial charge on any atom is 0.221 e. The highest BCUT2D eigenvalue weighted by molar-refractivity contribution is 5.76. The first-order valence-corrected chi connectivity index (χ1v) is 8.18. The monoisotopic (exact) mass is 307 g/mol. The van der Waals surface area contributed by atoms with Gasteiger partial charge in [0.1, 0.15) is 5.82 Å². The van der Waals surface area contributed by atoms with E-state index in [-0.39, 0.29) is 11.7 Å². The maximum absolute atomic E-state index is 12.9. The van der Waals surface area contributed by atoms with Crippen molar-refractivity contribution in [3.05, 3.63) is 30.1 Å². The molecule has 0 spiro atoms. The summed E-state index contributed by atoms with van der Waals surface area (Å²) in [5, 5.41) is 2.95. The van der Waals surface area contributed by atoms with Crippen molar-refractivity contribution in [1.29, 1.82) is 0 Å². The van der Waals surface area contributed by atoms with Crippen molar-refractivity contribution in [2.45, 2.75) is 26.2 Å². The second-order valence-corrected chi connectivity index (χ2v) is 5.76. The number of anilines is 1. The summed E-state index contributed by atoms with van der Waals surface area (Å²) in [7, 11) is 0. The predicted octanol–water partition coefficient (Wildman–Crippen LogP) is 2.25. The molecular weight excluding hydrogens is 281 g/mol. The maximum atomic E-state index is 12.9. The molecule has 122 valence electrons. The van der Waals surface area contributed by atoms with Crippen molar-refractivity contribution in [2.75, 3.05) is 44.2 Å². The lowest BCUT2D eigenvalue weighted by Crippen LogP contribution is -2.47. The van der Waals surface area contributed by atoms with Crippen molar-refractivity contribution in [3.63, 3.8) is 0 Å². The molecule has 1 N–H and O–H groups in total. The van der Waals surface area contributed by atoms with Crippen LogP contribution in [0.25, 0.3) is 0 Å². The van der Waals surface area contributed by atoms with Gasteiger partial charge >= 0.3 is 0 Å². The molecule has 0 saturated carbocycles. The van der Waals surface area contributed by atoms with Gasteiger partial charge in [-0.05, 0) is 30.7 Å². The molecule has 1 aromatic rings. The van der Waals surface area contributed by atoms with Crippen LogP contribution >= 0.6 is 0 Å². The Morgan fingerprint density at radius 1 is 1.18 bits per heavy atom. The van der Waals surface area contributed by atoms with E-state index in [4.69, 9.17) is 0 Å². The molecule has 1 aliphatic heterocycles. The average molecular weight is 307 g/mol. The van der Waals surface area contributed by atoms with Gasteiger partial charge in [0.05, 0.1) is 0 Å². The topological polar surface area (TPSA) is 35.6 Å². The molecular formula is C17H26FN3O. The Labute approximate surface area is 132 Å². The van der Waals surface area contributed by atoms with E-state index in [9.17, 15) is 9.18 Å². The first-order valence-electron chi connectivity index (χ1n) is 8.18. The van der Waals surface area contributed by atoms with Gasteiger partial charge < -0.3 is 10.2 Å². The third-order valence-corrected chi connectivity index (χ3v) is 4.07. The largest absolute Gasteiger partial charge is 0.369 e. The number of nitrogens with one attached hydrogen (secondary N) is 1. The van der Waals surface area contributed by atoms with Gasteiger partial charge in [-0.3, -0.25) is 9.69 Å². The molecule has 0 atom stereocenters. The number of carbonyl (C=O) groups excluding carboxylic acids is 1. The van der Waals surface area contributed by atoms with Gasteiger partial charge in [0.15, 0.2) is 0 Å². The number of piperazine rings is 1. The number of halogens is 1. The quantitative estimate of drug-likeness (QED) is 0.785. The Morgan fingerprint density at radius 2 is 1.86 bits per heavy atom. The molecule has 0 radical (unpaired) electrons. The Hall–Kier alpha value is -1.62. The van der Waals surface area contributed by atoms with Crippen LogP contribution in [0.5, 0.6) is 0 Å². The molecule has 1 saturated heterocycles. The Kier molecular flexibility index (Phi) is 6.65. The highest BCUT2D eigenvalue weighted by Gasteiger charge is 2.17. The van der Waals surface area contributed by atoms with Gasteiger partial charge in [-0.2, -0.15) is 0 Å². The fraction of sp³-hybridized carbons (Fsp3) is 0.588. The zero-order chi connectivity index (χ0) is 15.8. The highest BCUT2D eigenvalue weighted by Crippen LogP contribution is 2.16. The SMILES string of the molecule is CCCCNC(=O)CCN1CCN(c2ccc(F)cc2)CC1. The summed E-state index contributed by atoms with van der Waals surface area (Å²) >= 11 is 0. The highest BCUT2D eigenvalue weighted by atomic mass is 19.1. The van der Waals surface area contributed by atoms with Crippen LogP contribution in [0, 0.1) is 5.82 Å². The Balaban J connectivity index is 1.66. The van der Waals surface area contributed by atoms with Crippen LogP contribution in [-0.4, -0.2) is 50.1 Å². The van der Waals surface area contributed by atoms with Crippen LogP contribution in [0.15, 0.2) is 24.3 Å². The zero-order valence-electron chi connectivity index (χ0n) is 13.4. The van der Waals surface area contributed by atoms with Crippen molar-refractivity contribution < 1.29 is 9.18 Å². The van der Waals surface area contributed by atoms with E-state index in [0.717, 1.165) is 57.8 Å². The smallest absolute Gasteiger partial charge is 0.221 e. The minimum atomic E-state index is -0.198. The third-order valence-electron chi connectivity index (χ3n) is 4.07. The summed E-state index contributed by atoms with van der Waals surface area (Å²) < 4.78 is 12.9. The number of rotatable bonds is 7. The van der Waals surface area contributed by atoms with Gasteiger partial charge in [0, 0.05) is 51.4 Å². The number of hydrogen-bond acceptors (Lipinski definition) is 3. The van der Waals surface area contributed by atoms with Crippen LogP contribution in [0.1, 0.15) is 26.2 Å². The van der Waals surface area contributed by atoms with E-state index >= 15 is 0 Å². The van der Waals surface area contributed by atoms with Crippen LogP contribution in [0.4, 0.5) is 10.1 Å². The molecule has 1 amide bonds. The average Bonchev–Trinajstić information content (AvgIpc) is 2.54. The van der Waals surface area contributed by atoms with E-state index in [2.05, 4.69) is 22.0 Å². The summed E-state index contributed by atoms with van der Waals surface area (Å²) in [5.74, 6) is -0.0501. The van der Waals surface area contributed by atoms with E-state index < -0.39 is 0 Å². The van der Waals surface area contributed by atoms with Crippen LogP contribution in [0.3, 0.4) is 0 Å². The second-order valence-electron chi connectivity index (χ2n) is 5.76. The van der Waals surface area contributed by atoms with Crippen LogP contribution in [-0.2, 0) is 4.79 Å². The standard InChI is InChI=1S/C17H26FN3O/c1-2-3-9-19-17(22)8-10-20-11-13-21(14-12-20)16-6-4-15(18)5-7-16/h4-7H,2-3,8-14H2,1H3,(H,19,22). The molecule has 4 nitrogen and oxygen atoms in total. The first kappa shape index (κ1) is 16.7. The molecule has 0 bridgehead atoms. The minimum absolute atomic E-state index is 0.148. The number of nitrogens with zero attached hydrogens (tertiary/aromatic N) is 2. The number of unbranched alkanes of at least 4 members (excludes halogenated alkanes) is 1. The zero-order valence-corrected chi connectivity index (χ0v) is 13.4. The summed E-state index contributed by atoms with van der Waals surface area (Å²) in [6.45, 7) is 7.45. The normalized spacial score (nSPS) is 15.8. The molecule has 22 heavy (non-hydrogen) atoms. The van der Waals surface area contributed by atoms with Crippen LogP contribution in [0.2, 0.25) is 0 Å². The molecule has 1 aromatic carbocycles. The summed E-state index contributed by atoms with van der Waals surface area (Å²) in [4.78, 5) is 16.3. The van der Waals surface area contributed by atoms with Gasteiger partial charge in [-0.1, -0.05) is 13.3 Å². The first-order chi connectivity index (χ1) is 10.7.